The second kappa shape index (κ2) is 7.40. The maximum atomic E-state index is 11.3. The monoisotopic (exact) mass is 388 g/mol. The van der Waals surface area contributed by atoms with Crippen molar-refractivity contribution in [1.82, 2.24) is 9.97 Å². The van der Waals surface area contributed by atoms with Crippen molar-refractivity contribution < 1.29 is 4.79 Å². The Bertz CT molecular complexity index is 1130. The maximum Gasteiger partial charge on any atom is 0.248 e. The number of aromatic nitrogens is 2. The zero-order chi connectivity index (χ0) is 19.7. The number of primary amides is 1. The highest BCUT2D eigenvalue weighted by molar-refractivity contribution is 7.17. The van der Waals surface area contributed by atoms with E-state index in [1.165, 1.54) is 5.56 Å². The quantitative estimate of drug-likeness (QED) is 0.484. The number of carbonyl (C=O) groups excluding carboxylic acids is 1. The van der Waals surface area contributed by atoms with Crippen molar-refractivity contribution >= 4 is 39.0 Å². The molecular formula is C22H20N4OS. The summed E-state index contributed by atoms with van der Waals surface area (Å²) >= 11 is 1.60. The molecule has 0 spiro atoms. The predicted octanol–water partition coefficient (Wildman–Crippen LogP) is 5.32. The summed E-state index contributed by atoms with van der Waals surface area (Å²) in [5.74, 6) is 0.791. The number of amides is 1. The fourth-order valence-electron chi connectivity index (χ4n) is 3.08. The van der Waals surface area contributed by atoms with E-state index in [2.05, 4.69) is 58.8 Å². The Labute approximate surface area is 167 Å². The van der Waals surface area contributed by atoms with E-state index in [1.54, 1.807) is 29.8 Å². The number of anilines is 2. The molecule has 3 N–H and O–H groups in total. The molecule has 28 heavy (non-hydrogen) atoms. The fourth-order valence-corrected chi connectivity index (χ4v) is 4.00. The van der Waals surface area contributed by atoms with Crippen LogP contribution in [0, 0.1) is 0 Å². The molecule has 2 aromatic heterocycles. The Hall–Kier alpha value is -3.25. The van der Waals surface area contributed by atoms with Crippen LogP contribution < -0.4 is 11.1 Å². The Morgan fingerprint density at radius 3 is 2.39 bits per heavy atom. The van der Waals surface area contributed by atoms with E-state index in [-0.39, 0.29) is 0 Å². The van der Waals surface area contributed by atoms with Crippen LogP contribution in [0.3, 0.4) is 0 Å². The summed E-state index contributed by atoms with van der Waals surface area (Å²) in [6.07, 6.45) is 1.56. The first-order valence-electron chi connectivity index (χ1n) is 9.02. The molecular weight excluding hydrogens is 368 g/mol. The summed E-state index contributed by atoms with van der Waals surface area (Å²) in [6.45, 7) is 4.38. The van der Waals surface area contributed by atoms with Crippen LogP contribution in [0.4, 0.5) is 11.5 Å². The number of carbonyl (C=O) groups is 1. The molecule has 0 bridgehead atoms. The van der Waals surface area contributed by atoms with Crippen molar-refractivity contribution in [3.63, 3.8) is 0 Å². The highest BCUT2D eigenvalue weighted by Gasteiger charge is 2.14. The molecule has 0 saturated carbocycles. The van der Waals surface area contributed by atoms with Crippen molar-refractivity contribution in [2.75, 3.05) is 5.32 Å². The second-order valence-electron chi connectivity index (χ2n) is 6.90. The van der Waals surface area contributed by atoms with Crippen LogP contribution in [0.5, 0.6) is 0 Å². The summed E-state index contributed by atoms with van der Waals surface area (Å²) < 4.78 is 0. The first-order valence-corrected chi connectivity index (χ1v) is 9.90. The lowest BCUT2D eigenvalue weighted by atomic mass is 9.99. The maximum absolute atomic E-state index is 11.3. The van der Waals surface area contributed by atoms with Crippen LogP contribution >= 0.6 is 11.3 Å². The predicted molar refractivity (Wildman–Crippen MR) is 115 cm³/mol. The average molecular weight is 388 g/mol. The van der Waals surface area contributed by atoms with E-state index in [1.807, 2.05) is 12.1 Å². The van der Waals surface area contributed by atoms with E-state index in [4.69, 9.17) is 5.73 Å². The third-order valence-corrected chi connectivity index (χ3v) is 5.58. The molecule has 2 heterocycles. The lowest BCUT2D eigenvalue weighted by Gasteiger charge is -2.10. The number of thiophene rings is 1. The second-order valence-corrected chi connectivity index (χ2v) is 7.75. The van der Waals surface area contributed by atoms with Gasteiger partial charge in [-0.3, -0.25) is 4.79 Å². The average Bonchev–Trinajstić information content (AvgIpc) is 3.14. The first kappa shape index (κ1) is 18.1. The van der Waals surface area contributed by atoms with Crippen molar-refractivity contribution in [2.45, 2.75) is 19.8 Å². The van der Waals surface area contributed by atoms with Gasteiger partial charge >= 0.3 is 0 Å². The lowest BCUT2D eigenvalue weighted by Crippen LogP contribution is -2.10. The van der Waals surface area contributed by atoms with Gasteiger partial charge in [0.15, 0.2) is 0 Å². The van der Waals surface area contributed by atoms with Crippen LogP contribution in [0.15, 0.2) is 60.2 Å². The summed E-state index contributed by atoms with van der Waals surface area (Å²) in [6, 6.07) is 15.7. The van der Waals surface area contributed by atoms with E-state index < -0.39 is 5.91 Å². The van der Waals surface area contributed by atoms with E-state index in [9.17, 15) is 4.79 Å². The van der Waals surface area contributed by atoms with Crippen molar-refractivity contribution in [3.05, 3.63) is 71.4 Å². The van der Waals surface area contributed by atoms with E-state index in [0.29, 0.717) is 11.5 Å². The van der Waals surface area contributed by atoms with Gasteiger partial charge in [-0.15, -0.1) is 11.3 Å². The smallest absolute Gasteiger partial charge is 0.248 e. The van der Waals surface area contributed by atoms with Crippen LogP contribution in [0.1, 0.15) is 35.7 Å². The number of hydrogen-bond acceptors (Lipinski definition) is 5. The van der Waals surface area contributed by atoms with Gasteiger partial charge in [-0.05, 0) is 41.3 Å². The van der Waals surface area contributed by atoms with Gasteiger partial charge in [0.25, 0.3) is 0 Å². The molecule has 4 aromatic rings. The van der Waals surface area contributed by atoms with Gasteiger partial charge in [0.1, 0.15) is 17.0 Å². The third kappa shape index (κ3) is 3.46. The number of benzene rings is 2. The zero-order valence-corrected chi connectivity index (χ0v) is 16.5. The number of rotatable bonds is 5. The fraction of sp³-hybridized carbons (Fsp3) is 0.136. The van der Waals surface area contributed by atoms with Gasteiger partial charge in [-0.1, -0.05) is 38.1 Å². The SMILES string of the molecule is CC(C)c1ccc(-c2csc3ncnc(Nc4ccc(C(N)=O)cc4)c23)cc1. The van der Waals surface area contributed by atoms with Gasteiger partial charge < -0.3 is 11.1 Å². The third-order valence-electron chi connectivity index (χ3n) is 4.69. The molecule has 0 atom stereocenters. The highest BCUT2D eigenvalue weighted by atomic mass is 32.1. The topological polar surface area (TPSA) is 80.9 Å². The molecule has 0 fully saturated rings. The summed E-state index contributed by atoms with van der Waals surface area (Å²) in [5.41, 5.74) is 10.2. The number of nitrogens with one attached hydrogen (secondary N) is 1. The minimum atomic E-state index is -0.444. The van der Waals surface area contributed by atoms with Crippen LogP contribution in [-0.2, 0) is 0 Å². The number of fused-ring (bicyclic) bond motifs is 1. The molecule has 4 rings (SSSR count). The Kier molecular flexibility index (Phi) is 4.79. The summed E-state index contributed by atoms with van der Waals surface area (Å²) in [4.78, 5) is 21.1. The molecule has 0 saturated heterocycles. The number of hydrogen-bond donors (Lipinski definition) is 2. The van der Waals surface area contributed by atoms with Crippen LogP contribution in [0.25, 0.3) is 21.3 Å². The molecule has 0 unspecified atom stereocenters. The Morgan fingerprint density at radius 1 is 1.04 bits per heavy atom. The molecule has 6 heteroatoms. The van der Waals surface area contributed by atoms with Crippen LogP contribution in [0.2, 0.25) is 0 Å². The molecule has 140 valence electrons. The van der Waals surface area contributed by atoms with Gasteiger partial charge in [-0.2, -0.15) is 0 Å². The van der Waals surface area contributed by atoms with E-state index >= 15 is 0 Å². The summed E-state index contributed by atoms with van der Waals surface area (Å²) in [5, 5.41) is 6.45. The van der Waals surface area contributed by atoms with Crippen molar-refractivity contribution in [2.24, 2.45) is 5.73 Å². The van der Waals surface area contributed by atoms with Gasteiger partial charge in [0.2, 0.25) is 5.91 Å². The minimum absolute atomic E-state index is 0.444. The standard InChI is InChI=1S/C22H20N4OS/c1-13(2)14-3-5-15(6-4-14)18-11-28-22-19(18)21(24-12-25-22)26-17-9-7-16(8-10-17)20(23)27/h3-13H,1-2H3,(H2,23,27)(H,24,25,26). The molecule has 0 radical (unpaired) electrons. The molecule has 0 aliphatic carbocycles. The van der Waals surface area contributed by atoms with Gasteiger partial charge in [-0.25, -0.2) is 9.97 Å². The highest BCUT2D eigenvalue weighted by Crippen LogP contribution is 2.37. The Balaban J connectivity index is 1.73. The van der Waals surface area contributed by atoms with Crippen molar-refractivity contribution in [3.8, 4) is 11.1 Å². The number of nitrogens with two attached hydrogens (primary N) is 1. The minimum Gasteiger partial charge on any atom is -0.366 e. The largest absolute Gasteiger partial charge is 0.366 e. The van der Waals surface area contributed by atoms with Crippen molar-refractivity contribution in [1.29, 1.82) is 0 Å². The summed E-state index contributed by atoms with van der Waals surface area (Å²) in [7, 11) is 0. The molecule has 0 aliphatic heterocycles. The van der Waals surface area contributed by atoms with E-state index in [0.717, 1.165) is 32.8 Å². The first-order chi connectivity index (χ1) is 13.5. The van der Waals surface area contributed by atoms with Gasteiger partial charge in [0.05, 0.1) is 5.39 Å². The molecule has 0 aliphatic rings. The molecule has 5 nitrogen and oxygen atoms in total. The number of nitrogens with zero attached hydrogens (tertiary/aromatic N) is 2. The van der Waals surface area contributed by atoms with Crippen LogP contribution in [-0.4, -0.2) is 15.9 Å². The molecule has 2 aromatic carbocycles. The normalized spacial score (nSPS) is 11.1. The lowest BCUT2D eigenvalue weighted by molar-refractivity contribution is 0.100. The zero-order valence-electron chi connectivity index (χ0n) is 15.6. The Morgan fingerprint density at radius 2 is 1.75 bits per heavy atom. The molecule has 1 amide bonds. The van der Waals surface area contributed by atoms with Gasteiger partial charge in [0, 0.05) is 22.2 Å².